The lowest BCUT2D eigenvalue weighted by Gasteiger charge is -2.30. The maximum absolute atomic E-state index is 9.12. The predicted molar refractivity (Wildman–Crippen MR) is 68.6 cm³/mol. The van der Waals surface area contributed by atoms with E-state index in [1.54, 1.807) is 0 Å². The van der Waals surface area contributed by atoms with Crippen LogP contribution in [0, 0.1) is 11.3 Å². The molecule has 1 rings (SSSR count). The summed E-state index contributed by atoms with van der Waals surface area (Å²) in [6.45, 7) is 12.4. The van der Waals surface area contributed by atoms with Crippen LogP contribution in [0.15, 0.2) is 0 Å². The molecule has 1 saturated heterocycles. The van der Waals surface area contributed by atoms with Gasteiger partial charge in [0.15, 0.2) is 0 Å². The number of aliphatic hydroxyl groups excluding tert-OH is 1. The molecule has 16 heavy (non-hydrogen) atoms. The first-order chi connectivity index (χ1) is 7.53. The van der Waals surface area contributed by atoms with Gasteiger partial charge in [0, 0.05) is 31.7 Å². The first kappa shape index (κ1) is 13.9. The Kier molecular flexibility index (Phi) is 5.73. The third-order valence-electron chi connectivity index (χ3n) is 3.51. The quantitative estimate of drug-likeness (QED) is 0.673. The largest absolute Gasteiger partial charge is 0.396 e. The molecule has 0 radical (unpaired) electrons. The van der Waals surface area contributed by atoms with Crippen LogP contribution in [0.2, 0.25) is 0 Å². The van der Waals surface area contributed by atoms with E-state index in [0.29, 0.717) is 0 Å². The molecule has 0 saturated carbocycles. The van der Waals surface area contributed by atoms with Crippen LogP contribution in [0.5, 0.6) is 0 Å². The summed E-state index contributed by atoms with van der Waals surface area (Å²) in [5.74, 6) is 0.914. The van der Waals surface area contributed by atoms with Gasteiger partial charge in [0.1, 0.15) is 0 Å². The van der Waals surface area contributed by atoms with Gasteiger partial charge in [-0.3, -0.25) is 0 Å². The molecular formula is C13H28N2O. The van der Waals surface area contributed by atoms with Crippen LogP contribution in [0.1, 0.15) is 33.6 Å². The zero-order chi connectivity index (χ0) is 12.0. The third-order valence-corrected chi connectivity index (χ3v) is 3.51. The van der Waals surface area contributed by atoms with Gasteiger partial charge < -0.3 is 15.3 Å². The Labute approximate surface area is 100 Å². The van der Waals surface area contributed by atoms with Gasteiger partial charge in [-0.2, -0.15) is 0 Å². The summed E-state index contributed by atoms with van der Waals surface area (Å²) < 4.78 is 0. The zero-order valence-corrected chi connectivity index (χ0v) is 11.1. The van der Waals surface area contributed by atoms with Crippen molar-refractivity contribution in [3.63, 3.8) is 0 Å². The van der Waals surface area contributed by atoms with Crippen LogP contribution in [0.3, 0.4) is 0 Å². The maximum atomic E-state index is 9.12. The number of piperidine rings is 1. The first-order valence-corrected chi connectivity index (χ1v) is 6.57. The van der Waals surface area contributed by atoms with E-state index in [4.69, 9.17) is 5.11 Å². The molecule has 0 spiro atoms. The van der Waals surface area contributed by atoms with E-state index in [0.717, 1.165) is 25.6 Å². The van der Waals surface area contributed by atoms with Gasteiger partial charge in [0.25, 0.3) is 0 Å². The molecule has 0 atom stereocenters. The van der Waals surface area contributed by atoms with Gasteiger partial charge in [-0.15, -0.1) is 0 Å². The summed E-state index contributed by atoms with van der Waals surface area (Å²) in [6.07, 6.45) is 2.70. The van der Waals surface area contributed by atoms with E-state index in [1.165, 1.54) is 25.9 Å². The van der Waals surface area contributed by atoms with Gasteiger partial charge >= 0.3 is 0 Å². The highest BCUT2D eigenvalue weighted by atomic mass is 16.3. The minimum Gasteiger partial charge on any atom is -0.396 e. The molecule has 1 aliphatic rings. The van der Waals surface area contributed by atoms with Crippen molar-refractivity contribution in [2.75, 3.05) is 39.3 Å². The van der Waals surface area contributed by atoms with Crippen molar-refractivity contribution >= 4 is 0 Å². The molecule has 0 aliphatic carbocycles. The second kappa shape index (κ2) is 6.58. The summed E-state index contributed by atoms with van der Waals surface area (Å²) in [5, 5.41) is 12.6. The van der Waals surface area contributed by atoms with Crippen LogP contribution in [0.25, 0.3) is 0 Å². The van der Waals surface area contributed by atoms with Crippen LogP contribution in [0.4, 0.5) is 0 Å². The van der Waals surface area contributed by atoms with Crippen molar-refractivity contribution in [1.29, 1.82) is 0 Å². The Bertz CT molecular complexity index is 186. The van der Waals surface area contributed by atoms with Gasteiger partial charge in [-0.05, 0) is 31.8 Å². The maximum Gasteiger partial charge on any atom is 0.0494 e. The lowest BCUT2D eigenvalue weighted by atomic mass is 9.95. The third kappa shape index (κ3) is 5.28. The highest BCUT2D eigenvalue weighted by molar-refractivity contribution is 4.72. The predicted octanol–water partition coefficient (Wildman–Crippen LogP) is 1.33. The van der Waals surface area contributed by atoms with E-state index < -0.39 is 0 Å². The van der Waals surface area contributed by atoms with Gasteiger partial charge in [0.2, 0.25) is 0 Å². The number of hydrogen-bond acceptors (Lipinski definition) is 3. The molecule has 3 heteroatoms. The SMILES string of the molecule is CC1CCN(CCNCC(C)(C)CO)CC1. The Morgan fingerprint density at radius 1 is 1.31 bits per heavy atom. The van der Waals surface area contributed by atoms with Crippen molar-refractivity contribution in [3.05, 3.63) is 0 Å². The fraction of sp³-hybridized carbons (Fsp3) is 1.00. The van der Waals surface area contributed by atoms with E-state index in [9.17, 15) is 0 Å². The average molecular weight is 228 g/mol. The summed E-state index contributed by atoms with van der Waals surface area (Å²) in [5.41, 5.74) is 0.0103. The minimum atomic E-state index is 0.0103. The van der Waals surface area contributed by atoms with E-state index in [2.05, 4.69) is 31.0 Å². The van der Waals surface area contributed by atoms with Crippen LogP contribution in [-0.2, 0) is 0 Å². The second-order valence-corrected chi connectivity index (χ2v) is 6.02. The number of likely N-dealkylation sites (tertiary alicyclic amines) is 1. The number of aliphatic hydroxyl groups is 1. The van der Waals surface area contributed by atoms with Crippen molar-refractivity contribution in [2.24, 2.45) is 11.3 Å². The van der Waals surface area contributed by atoms with E-state index in [-0.39, 0.29) is 12.0 Å². The number of hydrogen-bond donors (Lipinski definition) is 2. The fourth-order valence-electron chi connectivity index (χ4n) is 2.01. The van der Waals surface area contributed by atoms with Crippen LogP contribution in [-0.4, -0.2) is 49.3 Å². The Hall–Kier alpha value is -0.120. The molecule has 1 fully saturated rings. The highest BCUT2D eigenvalue weighted by Crippen LogP contribution is 2.15. The molecule has 2 N–H and O–H groups in total. The monoisotopic (exact) mass is 228 g/mol. The van der Waals surface area contributed by atoms with Crippen molar-refractivity contribution in [3.8, 4) is 0 Å². The van der Waals surface area contributed by atoms with E-state index >= 15 is 0 Å². The molecular weight excluding hydrogens is 200 g/mol. The Morgan fingerprint density at radius 3 is 2.50 bits per heavy atom. The van der Waals surface area contributed by atoms with Crippen molar-refractivity contribution < 1.29 is 5.11 Å². The first-order valence-electron chi connectivity index (χ1n) is 6.57. The molecule has 1 heterocycles. The van der Waals surface area contributed by atoms with Gasteiger partial charge in [0.05, 0.1) is 0 Å². The van der Waals surface area contributed by atoms with Crippen molar-refractivity contribution in [2.45, 2.75) is 33.6 Å². The minimum absolute atomic E-state index is 0.0103. The standard InChI is InChI=1S/C13H28N2O/c1-12-4-7-15(8-5-12)9-6-14-10-13(2,3)11-16/h12,14,16H,4-11H2,1-3H3. The lowest BCUT2D eigenvalue weighted by Crippen LogP contribution is -2.40. The average Bonchev–Trinajstić information content (AvgIpc) is 2.27. The Balaban J connectivity index is 2.03. The van der Waals surface area contributed by atoms with Crippen LogP contribution < -0.4 is 5.32 Å². The molecule has 0 aromatic heterocycles. The molecule has 0 bridgehead atoms. The fourth-order valence-corrected chi connectivity index (χ4v) is 2.01. The Morgan fingerprint density at radius 2 is 1.94 bits per heavy atom. The molecule has 96 valence electrons. The highest BCUT2D eigenvalue weighted by Gasteiger charge is 2.17. The summed E-state index contributed by atoms with van der Waals surface area (Å²) >= 11 is 0. The normalized spacial score (nSPS) is 20.2. The number of nitrogens with one attached hydrogen (secondary N) is 1. The molecule has 0 unspecified atom stereocenters. The number of rotatable bonds is 6. The van der Waals surface area contributed by atoms with E-state index in [1.807, 2.05) is 0 Å². The topological polar surface area (TPSA) is 35.5 Å². The zero-order valence-electron chi connectivity index (χ0n) is 11.1. The second-order valence-electron chi connectivity index (χ2n) is 6.02. The smallest absolute Gasteiger partial charge is 0.0494 e. The summed E-state index contributed by atoms with van der Waals surface area (Å²) in [6, 6.07) is 0. The van der Waals surface area contributed by atoms with Gasteiger partial charge in [-0.1, -0.05) is 20.8 Å². The molecule has 1 aliphatic heterocycles. The van der Waals surface area contributed by atoms with Crippen LogP contribution >= 0.6 is 0 Å². The summed E-state index contributed by atoms with van der Waals surface area (Å²) in [4.78, 5) is 2.54. The molecule has 0 aromatic rings. The van der Waals surface area contributed by atoms with Gasteiger partial charge in [-0.25, -0.2) is 0 Å². The van der Waals surface area contributed by atoms with Crippen molar-refractivity contribution in [1.82, 2.24) is 10.2 Å². The number of nitrogens with zero attached hydrogens (tertiary/aromatic N) is 1. The molecule has 3 nitrogen and oxygen atoms in total. The lowest BCUT2D eigenvalue weighted by molar-refractivity contribution is 0.151. The molecule has 0 aromatic carbocycles. The molecule has 0 amide bonds. The summed E-state index contributed by atoms with van der Waals surface area (Å²) in [7, 11) is 0.